The largest absolute Gasteiger partial charge is 0.395 e. The van der Waals surface area contributed by atoms with E-state index in [1.807, 2.05) is 4.72 Å². The summed E-state index contributed by atoms with van der Waals surface area (Å²) in [6.45, 7) is 1.20. The molecular formula is C9H19N3O5S. The van der Waals surface area contributed by atoms with Crippen molar-refractivity contribution in [2.75, 3.05) is 20.2 Å². The normalized spacial score (nSPS) is 13.1. The smallest absolute Gasteiger partial charge is 0.277 e. The van der Waals surface area contributed by atoms with Crippen LogP contribution in [0.4, 0.5) is 0 Å². The second-order valence-electron chi connectivity index (χ2n) is 3.60. The molecule has 1 amide bonds. The van der Waals surface area contributed by atoms with Crippen LogP contribution < -0.4 is 14.8 Å². The van der Waals surface area contributed by atoms with E-state index in [2.05, 4.69) is 10.0 Å². The van der Waals surface area contributed by atoms with Gasteiger partial charge in [0.25, 0.3) is 10.2 Å². The van der Waals surface area contributed by atoms with Gasteiger partial charge in [-0.15, -0.1) is 0 Å². The SMILES string of the molecule is CNS(=O)(=O)N[C@@H](CCC(=O)NCCO)C(C)=O. The van der Waals surface area contributed by atoms with Crippen LogP contribution in [0.2, 0.25) is 0 Å². The van der Waals surface area contributed by atoms with Gasteiger partial charge in [-0.25, -0.2) is 4.72 Å². The van der Waals surface area contributed by atoms with E-state index in [1.165, 1.54) is 14.0 Å². The fraction of sp³-hybridized carbons (Fsp3) is 0.778. The molecule has 18 heavy (non-hydrogen) atoms. The topological polar surface area (TPSA) is 125 Å². The van der Waals surface area contributed by atoms with Gasteiger partial charge < -0.3 is 10.4 Å². The van der Waals surface area contributed by atoms with Gasteiger partial charge in [-0.3, -0.25) is 9.59 Å². The molecule has 0 aromatic carbocycles. The van der Waals surface area contributed by atoms with Crippen molar-refractivity contribution in [3.8, 4) is 0 Å². The number of hydrogen-bond donors (Lipinski definition) is 4. The van der Waals surface area contributed by atoms with Crippen molar-refractivity contribution in [2.45, 2.75) is 25.8 Å². The first-order valence-electron chi connectivity index (χ1n) is 5.41. The zero-order chi connectivity index (χ0) is 14.2. The van der Waals surface area contributed by atoms with Crippen LogP contribution in [-0.2, 0) is 19.8 Å². The lowest BCUT2D eigenvalue weighted by Crippen LogP contribution is -2.45. The summed E-state index contributed by atoms with van der Waals surface area (Å²) in [6, 6.07) is -0.942. The number of ketones is 1. The second kappa shape index (κ2) is 8.14. The lowest BCUT2D eigenvalue weighted by molar-refractivity contribution is -0.122. The van der Waals surface area contributed by atoms with Gasteiger partial charge in [0.05, 0.1) is 12.6 Å². The Morgan fingerprint density at radius 1 is 1.33 bits per heavy atom. The second-order valence-corrected chi connectivity index (χ2v) is 5.25. The summed E-state index contributed by atoms with van der Waals surface area (Å²) < 4.78 is 26.6. The number of nitrogens with one attached hydrogen (secondary N) is 3. The standard InChI is InChI=1S/C9H19N3O5S/c1-7(14)8(12-18(16,17)10-2)3-4-9(15)11-5-6-13/h8,10,12-13H,3-6H2,1-2H3,(H,11,15)/t8-/m0/s1. The third-order valence-electron chi connectivity index (χ3n) is 2.15. The van der Waals surface area contributed by atoms with Gasteiger partial charge in [-0.05, 0) is 13.3 Å². The number of carbonyl (C=O) groups is 2. The van der Waals surface area contributed by atoms with Crippen molar-refractivity contribution in [1.29, 1.82) is 0 Å². The zero-order valence-electron chi connectivity index (χ0n) is 10.4. The van der Waals surface area contributed by atoms with Gasteiger partial charge in [0, 0.05) is 20.0 Å². The van der Waals surface area contributed by atoms with E-state index in [0.717, 1.165) is 0 Å². The minimum atomic E-state index is -3.72. The molecule has 0 saturated carbocycles. The molecule has 0 radical (unpaired) electrons. The fourth-order valence-electron chi connectivity index (χ4n) is 1.15. The minimum Gasteiger partial charge on any atom is -0.395 e. The van der Waals surface area contributed by atoms with E-state index >= 15 is 0 Å². The van der Waals surface area contributed by atoms with Crippen LogP contribution in [0.3, 0.4) is 0 Å². The summed E-state index contributed by atoms with van der Waals surface area (Å²) >= 11 is 0. The number of hydrogen-bond acceptors (Lipinski definition) is 5. The molecule has 0 fully saturated rings. The van der Waals surface area contributed by atoms with E-state index in [0.29, 0.717) is 0 Å². The highest BCUT2D eigenvalue weighted by molar-refractivity contribution is 7.87. The van der Waals surface area contributed by atoms with Crippen molar-refractivity contribution in [2.24, 2.45) is 0 Å². The molecule has 1 atom stereocenters. The highest BCUT2D eigenvalue weighted by Crippen LogP contribution is 2.00. The number of aliphatic hydroxyl groups is 1. The first-order chi connectivity index (χ1) is 8.32. The molecule has 9 heteroatoms. The molecular weight excluding hydrogens is 262 g/mol. The molecule has 0 aromatic heterocycles. The van der Waals surface area contributed by atoms with Crippen LogP contribution in [0.25, 0.3) is 0 Å². The molecule has 4 N–H and O–H groups in total. The quantitative estimate of drug-likeness (QED) is 0.385. The average molecular weight is 281 g/mol. The number of aliphatic hydroxyl groups excluding tert-OH is 1. The molecule has 0 saturated heterocycles. The van der Waals surface area contributed by atoms with Gasteiger partial charge >= 0.3 is 0 Å². The van der Waals surface area contributed by atoms with Gasteiger partial charge in [0.1, 0.15) is 5.78 Å². The van der Waals surface area contributed by atoms with Crippen molar-refractivity contribution < 1.29 is 23.1 Å². The zero-order valence-corrected chi connectivity index (χ0v) is 11.2. The van der Waals surface area contributed by atoms with Gasteiger partial charge in [-0.2, -0.15) is 13.1 Å². The molecule has 0 bridgehead atoms. The van der Waals surface area contributed by atoms with Crippen LogP contribution in [0.5, 0.6) is 0 Å². The Labute approximate surface area is 106 Å². The minimum absolute atomic E-state index is 0.00349. The molecule has 0 spiro atoms. The van der Waals surface area contributed by atoms with Crippen LogP contribution in [-0.4, -0.2) is 51.5 Å². The van der Waals surface area contributed by atoms with Crippen molar-refractivity contribution >= 4 is 21.9 Å². The lowest BCUT2D eigenvalue weighted by Gasteiger charge is -2.15. The molecule has 0 unspecified atom stereocenters. The Bertz CT molecular complexity index is 382. The van der Waals surface area contributed by atoms with Crippen LogP contribution >= 0.6 is 0 Å². The maximum atomic E-state index is 11.2. The van der Waals surface area contributed by atoms with Crippen LogP contribution in [0.1, 0.15) is 19.8 Å². The fourth-order valence-corrected chi connectivity index (χ4v) is 1.93. The molecule has 0 aliphatic heterocycles. The Kier molecular flexibility index (Phi) is 7.67. The number of carbonyl (C=O) groups excluding carboxylic acids is 2. The van der Waals surface area contributed by atoms with E-state index in [4.69, 9.17) is 5.11 Å². The molecule has 0 heterocycles. The molecule has 0 aliphatic carbocycles. The summed E-state index contributed by atoms with van der Waals surface area (Å²) in [5, 5.41) is 10.9. The van der Waals surface area contributed by atoms with Gasteiger partial charge in [-0.1, -0.05) is 0 Å². The summed E-state index contributed by atoms with van der Waals surface area (Å²) in [7, 11) is -2.51. The lowest BCUT2D eigenvalue weighted by atomic mass is 10.1. The predicted molar refractivity (Wildman–Crippen MR) is 64.9 cm³/mol. The number of rotatable bonds is 9. The first kappa shape index (κ1) is 17.0. The highest BCUT2D eigenvalue weighted by Gasteiger charge is 2.21. The van der Waals surface area contributed by atoms with Crippen LogP contribution in [0, 0.1) is 0 Å². The molecule has 0 aromatic rings. The van der Waals surface area contributed by atoms with Gasteiger partial charge in [0.2, 0.25) is 5.91 Å². The summed E-state index contributed by atoms with van der Waals surface area (Å²) in [5.41, 5.74) is 0. The van der Waals surface area contributed by atoms with E-state index in [1.54, 1.807) is 0 Å². The van der Waals surface area contributed by atoms with Crippen LogP contribution in [0.15, 0.2) is 0 Å². The first-order valence-corrected chi connectivity index (χ1v) is 6.89. The predicted octanol–water partition coefficient (Wildman–Crippen LogP) is -2.11. The van der Waals surface area contributed by atoms with Gasteiger partial charge in [0.15, 0.2) is 0 Å². The maximum Gasteiger partial charge on any atom is 0.277 e. The number of Topliss-reactive ketones (excluding diaryl/α,β-unsaturated/α-hetero) is 1. The maximum absolute atomic E-state index is 11.2. The molecule has 106 valence electrons. The highest BCUT2D eigenvalue weighted by atomic mass is 32.2. The summed E-state index contributed by atoms with van der Waals surface area (Å²) in [6.07, 6.45) is 0.0595. The summed E-state index contributed by atoms with van der Waals surface area (Å²) in [5.74, 6) is -0.720. The molecule has 0 rings (SSSR count). The van der Waals surface area contributed by atoms with Crippen molar-refractivity contribution in [3.63, 3.8) is 0 Å². The third kappa shape index (κ3) is 7.33. The monoisotopic (exact) mass is 281 g/mol. The Hall–Kier alpha value is -1.03. The number of amides is 1. The molecule has 0 aliphatic rings. The van der Waals surface area contributed by atoms with E-state index < -0.39 is 16.3 Å². The van der Waals surface area contributed by atoms with Crippen molar-refractivity contribution in [1.82, 2.24) is 14.8 Å². The average Bonchev–Trinajstić information content (AvgIpc) is 2.31. The van der Waals surface area contributed by atoms with E-state index in [9.17, 15) is 18.0 Å². The Morgan fingerprint density at radius 2 is 1.94 bits per heavy atom. The molecule has 8 nitrogen and oxygen atoms in total. The summed E-state index contributed by atoms with van der Waals surface area (Å²) in [4.78, 5) is 22.5. The van der Waals surface area contributed by atoms with E-state index in [-0.39, 0.29) is 37.7 Å². The Morgan fingerprint density at radius 3 is 2.39 bits per heavy atom. The van der Waals surface area contributed by atoms with Crippen molar-refractivity contribution in [3.05, 3.63) is 0 Å². The Balaban J connectivity index is 4.30. The third-order valence-corrected chi connectivity index (χ3v) is 3.28.